The van der Waals surface area contributed by atoms with Crippen molar-refractivity contribution in [3.8, 4) is 0 Å². The van der Waals surface area contributed by atoms with Crippen LogP contribution in [0.2, 0.25) is 0 Å². The summed E-state index contributed by atoms with van der Waals surface area (Å²) in [7, 11) is 0. The first-order valence-corrected chi connectivity index (χ1v) is 5.85. The number of H-pyrrole nitrogens is 1. The Morgan fingerprint density at radius 3 is 2.67 bits per heavy atom. The molecular formula is C12H9BrN2O3. The first kappa shape index (κ1) is 12.4. The summed E-state index contributed by atoms with van der Waals surface area (Å²) in [5, 5.41) is 11.8. The minimum Gasteiger partial charge on any atom is -0.478 e. The van der Waals surface area contributed by atoms with Gasteiger partial charge < -0.3 is 15.4 Å². The van der Waals surface area contributed by atoms with Gasteiger partial charge in [0.05, 0.1) is 11.3 Å². The molecule has 0 amide bonds. The highest BCUT2D eigenvalue weighted by molar-refractivity contribution is 9.10. The zero-order chi connectivity index (χ0) is 13.1. The third-order valence-corrected chi connectivity index (χ3v) is 2.93. The second kappa shape index (κ2) is 5.05. The van der Waals surface area contributed by atoms with E-state index in [0.29, 0.717) is 5.82 Å². The fraction of sp³-hybridized carbons (Fsp3) is 0. The van der Waals surface area contributed by atoms with Gasteiger partial charge in [-0.05, 0) is 34.1 Å². The molecule has 0 bridgehead atoms. The maximum Gasteiger partial charge on any atom is 0.336 e. The van der Waals surface area contributed by atoms with Crippen LogP contribution in [0.1, 0.15) is 10.4 Å². The normalized spacial score (nSPS) is 10.1. The number of rotatable bonds is 3. The van der Waals surface area contributed by atoms with E-state index in [1.54, 1.807) is 6.07 Å². The van der Waals surface area contributed by atoms with E-state index in [1.165, 1.54) is 6.07 Å². The van der Waals surface area contributed by atoms with Crippen molar-refractivity contribution in [2.75, 3.05) is 5.32 Å². The van der Waals surface area contributed by atoms with Crippen molar-refractivity contribution < 1.29 is 9.90 Å². The molecule has 5 nitrogen and oxygen atoms in total. The van der Waals surface area contributed by atoms with Gasteiger partial charge in [0, 0.05) is 10.5 Å². The predicted molar refractivity (Wildman–Crippen MR) is 71.4 cm³/mol. The Morgan fingerprint density at radius 2 is 2.00 bits per heavy atom. The van der Waals surface area contributed by atoms with Crippen LogP contribution in [0.15, 0.2) is 45.7 Å². The molecule has 2 aromatic rings. The molecule has 0 aliphatic rings. The summed E-state index contributed by atoms with van der Waals surface area (Å²) >= 11 is 3.35. The molecule has 0 aliphatic carbocycles. The van der Waals surface area contributed by atoms with Crippen LogP contribution >= 0.6 is 15.9 Å². The van der Waals surface area contributed by atoms with Crippen LogP contribution in [0.3, 0.4) is 0 Å². The van der Waals surface area contributed by atoms with Crippen molar-refractivity contribution in [2.45, 2.75) is 0 Å². The third-order valence-electron chi connectivity index (χ3n) is 2.23. The molecule has 0 atom stereocenters. The highest BCUT2D eigenvalue weighted by Gasteiger charge is 2.07. The number of para-hydroxylation sites is 1. The molecule has 6 heteroatoms. The van der Waals surface area contributed by atoms with Gasteiger partial charge in [-0.2, -0.15) is 0 Å². The van der Waals surface area contributed by atoms with Crippen molar-refractivity contribution in [2.24, 2.45) is 0 Å². The molecule has 0 saturated carbocycles. The number of benzene rings is 1. The fourth-order valence-electron chi connectivity index (χ4n) is 1.44. The molecule has 1 aromatic heterocycles. The van der Waals surface area contributed by atoms with Crippen LogP contribution in [0.4, 0.5) is 11.5 Å². The summed E-state index contributed by atoms with van der Waals surface area (Å²) in [4.78, 5) is 24.7. The topological polar surface area (TPSA) is 82.2 Å². The van der Waals surface area contributed by atoms with Gasteiger partial charge in [-0.1, -0.05) is 12.1 Å². The number of hydrogen-bond donors (Lipinski definition) is 3. The van der Waals surface area contributed by atoms with Crippen LogP contribution in [-0.2, 0) is 0 Å². The van der Waals surface area contributed by atoms with Gasteiger partial charge in [0.15, 0.2) is 0 Å². The zero-order valence-electron chi connectivity index (χ0n) is 9.11. The quantitative estimate of drug-likeness (QED) is 0.814. The average Bonchev–Trinajstić information content (AvgIpc) is 2.31. The Morgan fingerprint density at radius 1 is 1.28 bits per heavy atom. The lowest BCUT2D eigenvalue weighted by Gasteiger charge is -2.08. The van der Waals surface area contributed by atoms with Crippen molar-refractivity contribution in [1.82, 2.24) is 4.98 Å². The zero-order valence-corrected chi connectivity index (χ0v) is 10.7. The van der Waals surface area contributed by atoms with Crippen LogP contribution < -0.4 is 10.9 Å². The van der Waals surface area contributed by atoms with E-state index >= 15 is 0 Å². The molecule has 0 aliphatic heterocycles. The molecular weight excluding hydrogens is 300 g/mol. The van der Waals surface area contributed by atoms with Crippen LogP contribution in [0, 0.1) is 0 Å². The number of anilines is 2. The van der Waals surface area contributed by atoms with Gasteiger partial charge in [0.25, 0.3) is 0 Å². The second-order valence-electron chi connectivity index (χ2n) is 3.56. The van der Waals surface area contributed by atoms with Gasteiger partial charge in [-0.3, -0.25) is 4.79 Å². The molecule has 18 heavy (non-hydrogen) atoms. The minimum absolute atomic E-state index is 0.0618. The number of carboxylic acid groups (broad SMARTS) is 1. The molecule has 92 valence electrons. The molecule has 3 N–H and O–H groups in total. The van der Waals surface area contributed by atoms with E-state index in [9.17, 15) is 9.59 Å². The Labute approximate surface area is 111 Å². The van der Waals surface area contributed by atoms with E-state index in [0.717, 1.165) is 16.2 Å². The number of carbonyl (C=O) groups is 1. The SMILES string of the molecule is O=C(O)c1cc(Nc2ccccc2Br)[nH]c(=O)c1. The number of nitrogens with one attached hydrogen (secondary N) is 2. The smallest absolute Gasteiger partial charge is 0.336 e. The lowest BCUT2D eigenvalue weighted by Crippen LogP contribution is -2.11. The summed E-state index contributed by atoms with van der Waals surface area (Å²) < 4.78 is 0.812. The monoisotopic (exact) mass is 308 g/mol. The van der Waals surface area contributed by atoms with Gasteiger partial charge in [0.2, 0.25) is 5.56 Å². The third kappa shape index (κ3) is 2.78. The molecule has 1 heterocycles. The Balaban J connectivity index is 2.38. The van der Waals surface area contributed by atoms with Crippen LogP contribution in [-0.4, -0.2) is 16.1 Å². The molecule has 0 spiro atoms. The Kier molecular flexibility index (Phi) is 3.47. The van der Waals surface area contributed by atoms with Crippen molar-refractivity contribution >= 4 is 33.4 Å². The maximum atomic E-state index is 11.3. The first-order chi connectivity index (χ1) is 8.56. The van der Waals surface area contributed by atoms with E-state index in [-0.39, 0.29) is 5.56 Å². The van der Waals surface area contributed by atoms with Crippen molar-refractivity contribution in [3.63, 3.8) is 0 Å². The minimum atomic E-state index is -1.14. The number of aromatic amines is 1. The van der Waals surface area contributed by atoms with Crippen molar-refractivity contribution in [3.05, 3.63) is 56.8 Å². The first-order valence-electron chi connectivity index (χ1n) is 5.05. The standard InChI is InChI=1S/C12H9BrN2O3/c13-8-3-1-2-4-9(8)14-10-5-7(12(17)18)6-11(16)15-10/h1-6H,(H,17,18)(H2,14,15,16). The van der Waals surface area contributed by atoms with Gasteiger partial charge in [0.1, 0.15) is 5.82 Å². The summed E-state index contributed by atoms with van der Waals surface area (Å²) in [5.74, 6) is -0.817. The van der Waals surface area contributed by atoms with Gasteiger partial charge in [-0.25, -0.2) is 4.79 Å². The predicted octanol–water partition coefficient (Wildman–Crippen LogP) is 2.58. The highest BCUT2D eigenvalue weighted by atomic mass is 79.9. The lowest BCUT2D eigenvalue weighted by atomic mass is 10.2. The van der Waals surface area contributed by atoms with Gasteiger partial charge >= 0.3 is 5.97 Å². The number of hydrogen-bond acceptors (Lipinski definition) is 3. The molecule has 0 saturated heterocycles. The summed E-state index contributed by atoms with van der Waals surface area (Å²) in [6, 6.07) is 9.71. The van der Waals surface area contributed by atoms with E-state index < -0.39 is 11.5 Å². The summed E-state index contributed by atoms with van der Waals surface area (Å²) in [5.41, 5.74) is 0.202. The summed E-state index contributed by atoms with van der Waals surface area (Å²) in [6.07, 6.45) is 0. The number of halogens is 1. The van der Waals surface area contributed by atoms with Crippen molar-refractivity contribution in [1.29, 1.82) is 0 Å². The fourth-order valence-corrected chi connectivity index (χ4v) is 1.83. The molecule has 1 aromatic carbocycles. The molecule has 0 radical (unpaired) electrons. The number of pyridine rings is 1. The summed E-state index contributed by atoms with van der Waals surface area (Å²) in [6.45, 7) is 0. The van der Waals surface area contributed by atoms with Gasteiger partial charge in [-0.15, -0.1) is 0 Å². The second-order valence-corrected chi connectivity index (χ2v) is 4.41. The number of carboxylic acids is 1. The largest absolute Gasteiger partial charge is 0.478 e. The van der Waals surface area contributed by atoms with E-state index in [1.807, 2.05) is 18.2 Å². The maximum absolute atomic E-state index is 11.3. The Bertz CT molecular complexity index is 652. The highest BCUT2D eigenvalue weighted by Crippen LogP contribution is 2.24. The van der Waals surface area contributed by atoms with Crippen LogP contribution in [0.25, 0.3) is 0 Å². The molecule has 2 rings (SSSR count). The molecule has 0 fully saturated rings. The lowest BCUT2D eigenvalue weighted by molar-refractivity contribution is 0.0696. The average molecular weight is 309 g/mol. The Hall–Kier alpha value is -2.08. The number of aromatic carboxylic acids is 1. The number of aromatic nitrogens is 1. The molecule has 0 unspecified atom stereocenters. The van der Waals surface area contributed by atoms with Crippen LogP contribution in [0.5, 0.6) is 0 Å². The van der Waals surface area contributed by atoms with E-state index in [4.69, 9.17) is 5.11 Å². The van der Waals surface area contributed by atoms with E-state index in [2.05, 4.69) is 26.2 Å².